The van der Waals surface area contributed by atoms with Crippen LogP contribution in [0.25, 0.3) is 0 Å². The Bertz CT molecular complexity index is 399. The van der Waals surface area contributed by atoms with E-state index in [9.17, 15) is 0 Å². The van der Waals surface area contributed by atoms with Crippen LogP contribution in [0.3, 0.4) is 0 Å². The Balaban J connectivity index is 1.79. The van der Waals surface area contributed by atoms with E-state index in [4.69, 9.17) is 15.2 Å². The van der Waals surface area contributed by atoms with Gasteiger partial charge in [0, 0.05) is 23.0 Å². The minimum absolute atomic E-state index is 0.398. The summed E-state index contributed by atoms with van der Waals surface area (Å²) in [5, 5.41) is 2.04. The Hall–Kier alpha value is -0.860. The largest absolute Gasteiger partial charge is 0.381 e. The molecule has 0 aliphatic carbocycles. The Labute approximate surface area is 106 Å². The Kier molecular flexibility index (Phi) is 5.02. The monoisotopic (exact) mass is 251 g/mol. The van der Waals surface area contributed by atoms with Crippen LogP contribution in [0.4, 0.5) is 0 Å². The third-order valence-corrected chi connectivity index (χ3v) is 3.58. The first-order chi connectivity index (χ1) is 8.40. The molecule has 1 saturated heterocycles. The minimum Gasteiger partial charge on any atom is -0.381 e. The molecule has 2 N–H and O–H groups in total. The zero-order valence-corrected chi connectivity index (χ0v) is 10.6. The van der Waals surface area contributed by atoms with Crippen molar-refractivity contribution in [3.8, 4) is 11.8 Å². The molecule has 1 aliphatic rings. The van der Waals surface area contributed by atoms with Crippen LogP contribution in [-0.2, 0) is 16.1 Å². The highest BCUT2D eigenvalue weighted by atomic mass is 32.1. The van der Waals surface area contributed by atoms with Crippen LogP contribution in [0.2, 0.25) is 0 Å². The van der Waals surface area contributed by atoms with E-state index in [0.717, 1.165) is 31.8 Å². The zero-order chi connectivity index (χ0) is 11.9. The van der Waals surface area contributed by atoms with Crippen LogP contribution in [0.1, 0.15) is 16.9 Å². The highest BCUT2D eigenvalue weighted by molar-refractivity contribution is 7.10. The van der Waals surface area contributed by atoms with Gasteiger partial charge < -0.3 is 15.2 Å². The van der Waals surface area contributed by atoms with E-state index in [1.807, 2.05) is 11.4 Å². The summed E-state index contributed by atoms with van der Waals surface area (Å²) in [5.74, 6) is 6.50. The maximum absolute atomic E-state index is 5.71. The van der Waals surface area contributed by atoms with E-state index in [-0.39, 0.29) is 0 Å². The van der Waals surface area contributed by atoms with Crippen molar-refractivity contribution in [3.05, 3.63) is 21.9 Å². The smallest absolute Gasteiger partial charge is 0.0822 e. The predicted octanol–water partition coefficient (Wildman–Crippen LogP) is 1.61. The van der Waals surface area contributed by atoms with Crippen molar-refractivity contribution >= 4 is 11.3 Å². The third kappa shape index (κ3) is 3.83. The zero-order valence-electron chi connectivity index (χ0n) is 9.78. The molecule has 1 unspecified atom stereocenters. The van der Waals surface area contributed by atoms with E-state index >= 15 is 0 Å². The fourth-order valence-corrected chi connectivity index (χ4v) is 2.51. The molecular formula is C13H17NO2S. The second-order valence-corrected chi connectivity index (χ2v) is 5.01. The van der Waals surface area contributed by atoms with Crippen molar-refractivity contribution in [2.45, 2.75) is 13.0 Å². The molecule has 3 nitrogen and oxygen atoms in total. The number of hydrogen-bond acceptors (Lipinski definition) is 4. The van der Waals surface area contributed by atoms with Gasteiger partial charge in [0.15, 0.2) is 0 Å². The van der Waals surface area contributed by atoms with Crippen LogP contribution >= 0.6 is 11.3 Å². The molecule has 92 valence electrons. The predicted molar refractivity (Wildman–Crippen MR) is 68.8 cm³/mol. The standard InChI is InChI=1S/C13H17NO2S/c14-5-1-2-12-4-7-17-13(12)10-16-9-11-3-6-15-8-11/h4,7,11H,3,5-6,8-10,14H2. The second-order valence-electron chi connectivity index (χ2n) is 4.01. The molecule has 0 amide bonds. The van der Waals surface area contributed by atoms with Crippen molar-refractivity contribution in [2.24, 2.45) is 11.7 Å². The molecular weight excluding hydrogens is 234 g/mol. The topological polar surface area (TPSA) is 44.5 Å². The number of hydrogen-bond donors (Lipinski definition) is 1. The lowest BCUT2D eigenvalue weighted by Crippen LogP contribution is -2.09. The van der Waals surface area contributed by atoms with Gasteiger partial charge in [-0.3, -0.25) is 0 Å². The number of thiophene rings is 1. The first-order valence-corrected chi connectivity index (χ1v) is 6.69. The maximum atomic E-state index is 5.71. The van der Waals surface area contributed by atoms with Crippen LogP contribution in [-0.4, -0.2) is 26.4 Å². The maximum Gasteiger partial charge on any atom is 0.0822 e. The lowest BCUT2D eigenvalue weighted by atomic mass is 10.1. The highest BCUT2D eigenvalue weighted by Gasteiger charge is 2.15. The van der Waals surface area contributed by atoms with Crippen LogP contribution < -0.4 is 5.73 Å². The summed E-state index contributed by atoms with van der Waals surface area (Å²) in [7, 11) is 0. The van der Waals surface area contributed by atoms with E-state index in [0.29, 0.717) is 19.1 Å². The summed E-state index contributed by atoms with van der Waals surface area (Å²) in [5.41, 5.74) is 6.41. The van der Waals surface area contributed by atoms with Crippen LogP contribution in [0.5, 0.6) is 0 Å². The summed E-state index contributed by atoms with van der Waals surface area (Å²) < 4.78 is 11.0. The molecule has 0 saturated carbocycles. The van der Waals surface area contributed by atoms with Gasteiger partial charge in [-0.2, -0.15) is 0 Å². The molecule has 17 heavy (non-hydrogen) atoms. The van der Waals surface area contributed by atoms with Gasteiger partial charge in [0.1, 0.15) is 0 Å². The molecule has 0 bridgehead atoms. The summed E-state index contributed by atoms with van der Waals surface area (Å²) in [6.45, 7) is 3.53. The lowest BCUT2D eigenvalue weighted by molar-refractivity contribution is 0.0805. The van der Waals surface area contributed by atoms with Gasteiger partial charge in [-0.05, 0) is 17.9 Å². The molecule has 1 aliphatic heterocycles. The average Bonchev–Trinajstić information content (AvgIpc) is 2.98. The van der Waals surface area contributed by atoms with Gasteiger partial charge in [-0.25, -0.2) is 0 Å². The molecule has 0 radical (unpaired) electrons. The number of ether oxygens (including phenoxy) is 2. The lowest BCUT2D eigenvalue weighted by Gasteiger charge is -2.07. The van der Waals surface area contributed by atoms with Gasteiger partial charge >= 0.3 is 0 Å². The SMILES string of the molecule is NCC#Cc1ccsc1COCC1CCOC1. The summed E-state index contributed by atoms with van der Waals surface area (Å²) >= 11 is 1.68. The number of rotatable bonds is 4. The average molecular weight is 251 g/mol. The Morgan fingerprint density at radius 1 is 1.59 bits per heavy atom. The molecule has 0 spiro atoms. The van der Waals surface area contributed by atoms with E-state index in [2.05, 4.69) is 11.8 Å². The Morgan fingerprint density at radius 3 is 3.29 bits per heavy atom. The van der Waals surface area contributed by atoms with E-state index in [1.165, 1.54) is 4.88 Å². The fraction of sp³-hybridized carbons (Fsp3) is 0.538. The Morgan fingerprint density at radius 2 is 2.53 bits per heavy atom. The van der Waals surface area contributed by atoms with Gasteiger partial charge in [0.2, 0.25) is 0 Å². The highest BCUT2D eigenvalue weighted by Crippen LogP contribution is 2.18. The van der Waals surface area contributed by atoms with E-state index < -0.39 is 0 Å². The molecule has 4 heteroatoms. The summed E-state index contributed by atoms with van der Waals surface area (Å²) in [4.78, 5) is 1.19. The summed E-state index contributed by atoms with van der Waals surface area (Å²) in [6, 6.07) is 2.02. The first kappa shape index (κ1) is 12.6. The van der Waals surface area contributed by atoms with Gasteiger partial charge in [0.05, 0.1) is 26.4 Å². The van der Waals surface area contributed by atoms with Crippen molar-refractivity contribution in [1.29, 1.82) is 0 Å². The molecule has 1 aromatic rings. The number of nitrogens with two attached hydrogens (primary N) is 1. The molecule has 1 aromatic heterocycles. The fourth-order valence-electron chi connectivity index (χ4n) is 1.74. The normalized spacial score (nSPS) is 19.0. The second kappa shape index (κ2) is 6.77. The first-order valence-electron chi connectivity index (χ1n) is 5.81. The van der Waals surface area contributed by atoms with E-state index in [1.54, 1.807) is 11.3 Å². The van der Waals surface area contributed by atoms with Crippen LogP contribution in [0, 0.1) is 17.8 Å². The summed E-state index contributed by atoms with van der Waals surface area (Å²) in [6.07, 6.45) is 1.12. The molecule has 2 rings (SSSR count). The molecule has 0 aromatic carbocycles. The minimum atomic E-state index is 0.398. The third-order valence-electron chi connectivity index (χ3n) is 2.68. The molecule has 2 heterocycles. The van der Waals surface area contributed by atoms with Crippen molar-refractivity contribution in [1.82, 2.24) is 0 Å². The van der Waals surface area contributed by atoms with Gasteiger partial charge in [0.25, 0.3) is 0 Å². The van der Waals surface area contributed by atoms with Gasteiger partial charge in [-0.1, -0.05) is 11.8 Å². The van der Waals surface area contributed by atoms with Crippen molar-refractivity contribution in [2.75, 3.05) is 26.4 Å². The molecule has 1 fully saturated rings. The van der Waals surface area contributed by atoms with Crippen molar-refractivity contribution in [3.63, 3.8) is 0 Å². The molecule has 1 atom stereocenters. The quantitative estimate of drug-likeness (QED) is 0.827. The van der Waals surface area contributed by atoms with Crippen LogP contribution in [0.15, 0.2) is 11.4 Å². The van der Waals surface area contributed by atoms with Gasteiger partial charge in [-0.15, -0.1) is 11.3 Å². The van der Waals surface area contributed by atoms with Crippen molar-refractivity contribution < 1.29 is 9.47 Å².